The van der Waals surface area contributed by atoms with Gasteiger partial charge < -0.3 is 15.5 Å². The average Bonchev–Trinajstić information content (AvgIpc) is 2.62. The number of carbonyl (C=O) groups is 1. The first-order valence-electron chi connectivity index (χ1n) is 9.29. The molecule has 1 aliphatic heterocycles. The summed E-state index contributed by atoms with van der Waals surface area (Å²) in [6, 6.07) is 5.87. The molecule has 1 saturated carbocycles. The summed E-state index contributed by atoms with van der Waals surface area (Å²) < 4.78 is 41.3. The molecule has 0 atom stereocenters. The van der Waals surface area contributed by atoms with E-state index in [9.17, 15) is 18.0 Å². The first kappa shape index (κ1) is 21.0. The van der Waals surface area contributed by atoms with Gasteiger partial charge in [-0.15, -0.1) is 18.3 Å². The van der Waals surface area contributed by atoms with Crippen molar-refractivity contribution >= 4 is 12.0 Å². The van der Waals surface area contributed by atoms with Crippen molar-refractivity contribution in [2.24, 2.45) is 22.2 Å². The Morgan fingerprint density at radius 3 is 2.55 bits per heavy atom. The first-order chi connectivity index (χ1) is 13.6. The minimum atomic E-state index is -4.69. The summed E-state index contributed by atoms with van der Waals surface area (Å²) in [4.78, 5) is 14.0. The van der Waals surface area contributed by atoms with Gasteiger partial charge in [0.05, 0.1) is 0 Å². The van der Waals surface area contributed by atoms with E-state index in [0.29, 0.717) is 13.1 Å². The summed E-state index contributed by atoms with van der Waals surface area (Å²) in [6.45, 7) is 1.17. The van der Waals surface area contributed by atoms with Crippen LogP contribution in [0.4, 0.5) is 18.0 Å². The number of rotatable bonds is 2. The highest BCUT2D eigenvalue weighted by atomic mass is 19.4. The van der Waals surface area contributed by atoms with Gasteiger partial charge in [0.2, 0.25) is 5.96 Å². The summed E-state index contributed by atoms with van der Waals surface area (Å²) in [5, 5.41) is 7.12. The number of likely N-dealkylation sites (tertiary alicyclic amines) is 1. The van der Waals surface area contributed by atoms with Gasteiger partial charge in [0.15, 0.2) is 0 Å². The SMILES string of the molecule is CN(N)/C(=N\N)NC(=O)N1CCC2(CC1)CC(c1cccc(OC(F)(F)F)c1)C2. The molecule has 2 amide bonds. The number of hydrazone groups is 1. The fourth-order valence-corrected chi connectivity index (χ4v) is 4.17. The monoisotopic (exact) mass is 414 g/mol. The molecule has 2 fully saturated rings. The van der Waals surface area contributed by atoms with E-state index in [0.717, 1.165) is 36.3 Å². The number of amides is 2. The number of alkyl halides is 3. The Morgan fingerprint density at radius 2 is 2.00 bits per heavy atom. The van der Waals surface area contributed by atoms with Gasteiger partial charge in [-0.05, 0) is 54.7 Å². The van der Waals surface area contributed by atoms with E-state index in [1.165, 1.54) is 19.2 Å². The van der Waals surface area contributed by atoms with Gasteiger partial charge in [-0.3, -0.25) is 10.3 Å². The van der Waals surface area contributed by atoms with E-state index >= 15 is 0 Å². The van der Waals surface area contributed by atoms with Crippen molar-refractivity contribution in [2.75, 3.05) is 20.1 Å². The van der Waals surface area contributed by atoms with Gasteiger partial charge in [-0.2, -0.15) is 0 Å². The van der Waals surface area contributed by atoms with Crippen LogP contribution < -0.4 is 21.7 Å². The van der Waals surface area contributed by atoms with E-state index in [1.54, 1.807) is 11.0 Å². The number of hydrogen-bond donors (Lipinski definition) is 3. The maximum Gasteiger partial charge on any atom is 0.573 e. The van der Waals surface area contributed by atoms with Gasteiger partial charge in [-0.1, -0.05) is 12.1 Å². The van der Waals surface area contributed by atoms with Crippen LogP contribution in [0.15, 0.2) is 29.4 Å². The van der Waals surface area contributed by atoms with Gasteiger partial charge >= 0.3 is 12.4 Å². The van der Waals surface area contributed by atoms with Crippen LogP contribution in [0.25, 0.3) is 0 Å². The van der Waals surface area contributed by atoms with E-state index in [-0.39, 0.29) is 29.1 Å². The molecule has 2 aliphatic rings. The molecule has 0 bridgehead atoms. The Balaban J connectivity index is 1.52. The van der Waals surface area contributed by atoms with Crippen molar-refractivity contribution in [1.82, 2.24) is 15.2 Å². The number of benzene rings is 1. The molecule has 0 unspecified atom stereocenters. The molecule has 1 saturated heterocycles. The number of nitrogens with zero attached hydrogens (tertiary/aromatic N) is 3. The molecule has 1 heterocycles. The molecule has 1 spiro atoms. The minimum absolute atomic E-state index is 0.0694. The van der Waals surface area contributed by atoms with Crippen LogP contribution in [0.2, 0.25) is 0 Å². The van der Waals surface area contributed by atoms with Crippen molar-refractivity contribution in [3.63, 3.8) is 0 Å². The minimum Gasteiger partial charge on any atom is -0.406 e. The molecule has 5 N–H and O–H groups in total. The molecule has 3 rings (SSSR count). The summed E-state index contributed by atoms with van der Waals surface area (Å²) in [5.74, 6) is 10.8. The Labute approximate surface area is 166 Å². The van der Waals surface area contributed by atoms with E-state index in [2.05, 4.69) is 15.2 Å². The fourth-order valence-electron chi connectivity index (χ4n) is 4.17. The van der Waals surface area contributed by atoms with Crippen molar-refractivity contribution in [3.8, 4) is 5.75 Å². The largest absolute Gasteiger partial charge is 0.573 e. The lowest BCUT2D eigenvalue weighted by atomic mass is 9.56. The van der Waals surface area contributed by atoms with Crippen LogP contribution in [-0.4, -0.2) is 48.4 Å². The second-order valence-electron chi connectivity index (χ2n) is 7.71. The zero-order valence-corrected chi connectivity index (χ0v) is 16.1. The Morgan fingerprint density at radius 1 is 1.34 bits per heavy atom. The third-order valence-corrected chi connectivity index (χ3v) is 5.71. The molecule has 160 valence electrons. The van der Waals surface area contributed by atoms with Gasteiger partial charge in [-0.25, -0.2) is 10.6 Å². The lowest BCUT2D eigenvalue weighted by Crippen LogP contribution is -2.54. The number of carbonyl (C=O) groups excluding carboxylic acids is 1. The molecule has 0 radical (unpaired) electrons. The first-order valence-corrected chi connectivity index (χ1v) is 9.29. The summed E-state index contributed by atoms with van der Waals surface area (Å²) in [7, 11) is 1.51. The highest BCUT2D eigenvalue weighted by Crippen LogP contribution is 2.56. The van der Waals surface area contributed by atoms with E-state index in [4.69, 9.17) is 11.7 Å². The lowest BCUT2D eigenvalue weighted by molar-refractivity contribution is -0.274. The molecule has 11 heteroatoms. The number of piperidine rings is 1. The molecular weight excluding hydrogens is 389 g/mol. The number of ether oxygens (including phenoxy) is 1. The summed E-state index contributed by atoms with van der Waals surface area (Å²) in [6.07, 6.45) is -1.25. The number of halogens is 3. The number of nitrogens with two attached hydrogens (primary N) is 2. The Bertz CT molecular complexity index is 767. The maximum absolute atomic E-state index is 12.4. The zero-order chi connectivity index (χ0) is 21.2. The van der Waals surface area contributed by atoms with Crippen molar-refractivity contribution < 1.29 is 22.7 Å². The van der Waals surface area contributed by atoms with Crippen LogP contribution in [0.1, 0.15) is 37.2 Å². The zero-order valence-electron chi connectivity index (χ0n) is 16.1. The summed E-state index contributed by atoms with van der Waals surface area (Å²) in [5.41, 5.74) is 0.977. The van der Waals surface area contributed by atoms with Gasteiger partial charge in [0.25, 0.3) is 0 Å². The maximum atomic E-state index is 12.4. The molecule has 0 aromatic heterocycles. The number of hydrogen-bond acceptors (Lipinski definition) is 5. The quantitative estimate of drug-likeness (QED) is 0.298. The van der Waals surface area contributed by atoms with Crippen LogP contribution in [0.3, 0.4) is 0 Å². The predicted octanol–water partition coefficient (Wildman–Crippen LogP) is 2.29. The third kappa shape index (κ3) is 5.03. The second-order valence-corrected chi connectivity index (χ2v) is 7.71. The number of nitrogens with one attached hydrogen (secondary N) is 1. The summed E-state index contributed by atoms with van der Waals surface area (Å²) >= 11 is 0. The smallest absolute Gasteiger partial charge is 0.406 e. The van der Waals surface area contributed by atoms with Crippen molar-refractivity contribution in [2.45, 2.75) is 38.0 Å². The van der Waals surface area contributed by atoms with Crippen molar-refractivity contribution in [3.05, 3.63) is 29.8 Å². The highest BCUT2D eigenvalue weighted by molar-refractivity contribution is 5.95. The number of hydrazine groups is 1. The average molecular weight is 414 g/mol. The second kappa shape index (κ2) is 7.97. The van der Waals surface area contributed by atoms with Crippen LogP contribution in [0.5, 0.6) is 5.75 Å². The van der Waals surface area contributed by atoms with Crippen LogP contribution >= 0.6 is 0 Å². The number of guanidine groups is 1. The van der Waals surface area contributed by atoms with Gasteiger partial charge in [0.1, 0.15) is 5.75 Å². The molecular formula is C18H25F3N6O2. The number of urea groups is 1. The highest BCUT2D eigenvalue weighted by Gasteiger charge is 2.47. The Hall–Kier alpha value is -2.69. The predicted molar refractivity (Wildman–Crippen MR) is 100 cm³/mol. The van der Waals surface area contributed by atoms with Crippen LogP contribution in [0, 0.1) is 5.41 Å². The van der Waals surface area contributed by atoms with E-state index in [1.807, 2.05) is 6.07 Å². The third-order valence-electron chi connectivity index (χ3n) is 5.71. The molecule has 29 heavy (non-hydrogen) atoms. The standard InChI is InChI=1S/C18H25F3N6O2/c1-26(23)15(25-22)24-16(28)27-7-5-17(6-8-27)10-13(11-17)12-3-2-4-14(9-12)29-18(19,20)21/h2-4,9,13H,5-8,10-11,22-23H2,1H3,(H,24,25,28). The van der Waals surface area contributed by atoms with Crippen LogP contribution in [-0.2, 0) is 0 Å². The molecule has 1 aromatic rings. The molecule has 1 aromatic carbocycles. The van der Waals surface area contributed by atoms with E-state index < -0.39 is 6.36 Å². The normalized spacial score (nSPS) is 19.6. The Kier molecular flexibility index (Phi) is 5.78. The molecule has 1 aliphatic carbocycles. The topological polar surface area (TPSA) is 109 Å². The fraction of sp³-hybridized carbons (Fsp3) is 0.556. The van der Waals surface area contributed by atoms with Crippen molar-refractivity contribution in [1.29, 1.82) is 0 Å². The molecule has 8 nitrogen and oxygen atoms in total. The lowest BCUT2D eigenvalue weighted by Gasteiger charge is -2.52. The van der Waals surface area contributed by atoms with Gasteiger partial charge in [0, 0.05) is 20.1 Å².